The summed E-state index contributed by atoms with van der Waals surface area (Å²) in [6, 6.07) is 3.87. The topological polar surface area (TPSA) is 33.4 Å². The zero-order valence-electron chi connectivity index (χ0n) is 7.37. The van der Waals surface area contributed by atoms with Gasteiger partial charge in [-0.3, -0.25) is 0 Å². The van der Waals surface area contributed by atoms with E-state index in [0.29, 0.717) is 5.92 Å². The molecular weight excluding hydrogens is 232 g/mol. The Morgan fingerprint density at radius 2 is 2.31 bits per heavy atom. The normalized spacial score (nSPS) is 28.2. The molecule has 0 radical (unpaired) electrons. The number of halogens is 1. The zero-order chi connectivity index (χ0) is 9.26. The predicted molar refractivity (Wildman–Crippen MR) is 53.5 cm³/mol. The van der Waals surface area contributed by atoms with Crippen molar-refractivity contribution in [1.82, 2.24) is 0 Å². The summed E-state index contributed by atoms with van der Waals surface area (Å²) in [5, 5.41) is 9.60. The second-order valence-corrected chi connectivity index (χ2v) is 4.45. The molecule has 1 aromatic heterocycles. The lowest BCUT2D eigenvalue weighted by Gasteiger charge is -2.11. The van der Waals surface area contributed by atoms with E-state index >= 15 is 0 Å². The van der Waals surface area contributed by atoms with Crippen molar-refractivity contribution in [2.24, 2.45) is 5.92 Å². The minimum Gasteiger partial charge on any atom is -0.454 e. The van der Waals surface area contributed by atoms with E-state index in [4.69, 9.17) is 4.42 Å². The van der Waals surface area contributed by atoms with Crippen LogP contribution in [0.5, 0.6) is 0 Å². The maximum Gasteiger partial charge on any atom is 0.169 e. The van der Waals surface area contributed by atoms with Crippen LogP contribution < -0.4 is 0 Å². The van der Waals surface area contributed by atoms with Gasteiger partial charge in [-0.05, 0) is 46.8 Å². The van der Waals surface area contributed by atoms with Gasteiger partial charge in [0.1, 0.15) is 5.76 Å². The lowest BCUT2D eigenvalue weighted by atomic mass is 10.0. The number of furan rings is 1. The van der Waals surface area contributed by atoms with Gasteiger partial charge in [-0.15, -0.1) is 0 Å². The third kappa shape index (κ3) is 2.15. The van der Waals surface area contributed by atoms with Crippen LogP contribution in [0.4, 0.5) is 0 Å². The van der Waals surface area contributed by atoms with E-state index in [1.807, 2.05) is 12.1 Å². The quantitative estimate of drug-likeness (QED) is 0.869. The molecule has 0 aromatic carbocycles. The van der Waals surface area contributed by atoms with Gasteiger partial charge in [0.05, 0.1) is 6.10 Å². The van der Waals surface area contributed by atoms with Gasteiger partial charge < -0.3 is 9.52 Å². The highest BCUT2D eigenvalue weighted by Crippen LogP contribution is 2.29. The summed E-state index contributed by atoms with van der Waals surface area (Å²) in [6.07, 6.45) is 3.97. The molecule has 1 aliphatic rings. The Balaban J connectivity index is 1.97. The van der Waals surface area contributed by atoms with Gasteiger partial charge in [0.2, 0.25) is 0 Å². The van der Waals surface area contributed by atoms with Crippen molar-refractivity contribution in [1.29, 1.82) is 0 Å². The fourth-order valence-electron chi connectivity index (χ4n) is 1.98. The fourth-order valence-corrected chi connectivity index (χ4v) is 2.32. The van der Waals surface area contributed by atoms with Crippen LogP contribution in [-0.2, 0) is 6.42 Å². The Morgan fingerprint density at radius 1 is 1.46 bits per heavy atom. The van der Waals surface area contributed by atoms with Crippen molar-refractivity contribution in [2.45, 2.75) is 31.8 Å². The summed E-state index contributed by atoms with van der Waals surface area (Å²) in [7, 11) is 0. The van der Waals surface area contributed by atoms with Gasteiger partial charge in [0.15, 0.2) is 4.67 Å². The highest BCUT2D eigenvalue weighted by molar-refractivity contribution is 9.10. The summed E-state index contributed by atoms with van der Waals surface area (Å²) < 4.78 is 6.17. The van der Waals surface area contributed by atoms with Crippen LogP contribution in [0.15, 0.2) is 21.2 Å². The summed E-state index contributed by atoms with van der Waals surface area (Å²) >= 11 is 3.27. The first-order chi connectivity index (χ1) is 6.25. The van der Waals surface area contributed by atoms with Crippen LogP contribution in [0.1, 0.15) is 25.0 Å². The molecule has 1 saturated carbocycles. The standard InChI is InChI=1S/C10H13BrO2/c11-10-5-4-8(13-10)6-7-2-1-3-9(7)12/h4-5,7,9,12H,1-3,6H2. The molecule has 0 saturated heterocycles. The summed E-state index contributed by atoms with van der Waals surface area (Å²) in [5.41, 5.74) is 0. The van der Waals surface area contributed by atoms with Crippen molar-refractivity contribution in [3.8, 4) is 0 Å². The SMILES string of the molecule is OC1CCCC1Cc1ccc(Br)o1. The third-order valence-electron chi connectivity index (χ3n) is 2.71. The molecule has 2 unspecified atom stereocenters. The second-order valence-electron chi connectivity index (χ2n) is 3.67. The average molecular weight is 245 g/mol. The Kier molecular flexibility index (Phi) is 2.74. The fraction of sp³-hybridized carbons (Fsp3) is 0.600. The molecule has 1 aliphatic carbocycles. The molecule has 2 atom stereocenters. The zero-order valence-corrected chi connectivity index (χ0v) is 8.96. The van der Waals surface area contributed by atoms with Gasteiger partial charge >= 0.3 is 0 Å². The van der Waals surface area contributed by atoms with Crippen molar-refractivity contribution in [2.75, 3.05) is 0 Å². The molecule has 2 nitrogen and oxygen atoms in total. The van der Waals surface area contributed by atoms with E-state index in [0.717, 1.165) is 36.1 Å². The maximum absolute atomic E-state index is 9.60. The first-order valence-corrected chi connectivity index (χ1v) is 5.47. The van der Waals surface area contributed by atoms with Crippen molar-refractivity contribution in [3.05, 3.63) is 22.6 Å². The van der Waals surface area contributed by atoms with Gasteiger partial charge in [0.25, 0.3) is 0 Å². The van der Waals surface area contributed by atoms with E-state index in [-0.39, 0.29) is 6.10 Å². The number of aliphatic hydroxyl groups excluding tert-OH is 1. The summed E-state index contributed by atoms with van der Waals surface area (Å²) in [4.78, 5) is 0. The van der Waals surface area contributed by atoms with Crippen LogP contribution in [-0.4, -0.2) is 11.2 Å². The molecule has 0 amide bonds. The Labute approximate surface area is 86.1 Å². The van der Waals surface area contributed by atoms with E-state index in [9.17, 15) is 5.11 Å². The van der Waals surface area contributed by atoms with Crippen LogP contribution >= 0.6 is 15.9 Å². The van der Waals surface area contributed by atoms with Crippen LogP contribution in [0, 0.1) is 5.92 Å². The largest absolute Gasteiger partial charge is 0.454 e. The third-order valence-corrected chi connectivity index (χ3v) is 3.14. The highest BCUT2D eigenvalue weighted by Gasteiger charge is 2.26. The molecule has 1 heterocycles. The Morgan fingerprint density at radius 3 is 2.85 bits per heavy atom. The number of hydrogen-bond acceptors (Lipinski definition) is 2. The smallest absolute Gasteiger partial charge is 0.169 e. The summed E-state index contributed by atoms with van der Waals surface area (Å²) in [6.45, 7) is 0. The van der Waals surface area contributed by atoms with Crippen molar-refractivity contribution < 1.29 is 9.52 Å². The predicted octanol–water partition coefficient (Wildman–Crippen LogP) is 2.75. The highest BCUT2D eigenvalue weighted by atomic mass is 79.9. The minimum absolute atomic E-state index is 0.121. The Bertz CT molecular complexity index is 282. The first-order valence-electron chi connectivity index (χ1n) is 4.68. The Hall–Kier alpha value is -0.280. The van der Waals surface area contributed by atoms with Gasteiger partial charge in [-0.1, -0.05) is 6.42 Å². The number of aliphatic hydroxyl groups is 1. The van der Waals surface area contributed by atoms with Crippen LogP contribution in [0.25, 0.3) is 0 Å². The van der Waals surface area contributed by atoms with Crippen LogP contribution in [0.2, 0.25) is 0 Å². The molecule has 0 aliphatic heterocycles. The average Bonchev–Trinajstić information content (AvgIpc) is 2.64. The molecule has 2 rings (SSSR count). The molecule has 1 fully saturated rings. The number of hydrogen-bond donors (Lipinski definition) is 1. The minimum atomic E-state index is -0.121. The van der Waals surface area contributed by atoms with Crippen molar-refractivity contribution in [3.63, 3.8) is 0 Å². The van der Waals surface area contributed by atoms with E-state index in [1.165, 1.54) is 0 Å². The second kappa shape index (κ2) is 3.84. The van der Waals surface area contributed by atoms with Crippen molar-refractivity contribution >= 4 is 15.9 Å². The van der Waals surface area contributed by atoms with Gasteiger partial charge in [0, 0.05) is 6.42 Å². The van der Waals surface area contributed by atoms with Gasteiger partial charge in [-0.2, -0.15) is 0 Å². The molecule has 0 spiro atoms. The van der Waals surface area contributed by atoms with E-state index in [2.05, 4.69) is 15.9 Å². The molecule has 13 heavy (non-hydrogen) atoms. The lowest BCUT2D eigenvalue weighted by molar-refractivity contribution is 0.129. The maximum atomic E-state index is 9.60. The molecule has 1 aromatic rings. The molecule has 72 valence electrons. The lowest BCUT2D eigenvalue weighted by Crippen LogP contribution is -2.14. The molecule has 1 N–H and O–H groups in total. The monoisotopic (exact) mass is 244 g/mol. The molecular formula is C10H13BrO2. The van der Waals surface area contributed by atoms with E-state index in [1.54, 1.807) is 0 Å². The molecule has 0 bridgehead atoms. The first kappa shape index (κ1) is 9.28. The summed E-state index contributed by atoms with van der Waals surface area (Å²) in [5.74, 6) is 1.37. The van der Waals surface area contributed by atoms with Gasteiger partial charge in [-0.25, -0.2) is 0 Å². The van der Waals surface area contributed by atoms with E-state index < -0.39 is 0 Å². The molecule has 3 heteroatoms. The number of rotatable bonds is 2. The van der Waals surface area contributed by atoms with Crippen LogP contribution in [0.3, 0.4) is 0 Å².